The van der Waals surface area contributed by atoms with Crippen LogP contribution >= 0.6 is 23.2 Å². The summed E-state index contributed by atoms with van der Waals surface area (Å²) in [5.41, 5.74) is 4.65. The van der Waals surface area contributed by atoms with Crippen molar-refractivity contribution < 1.29 is 14.4 Å². The van der Waals surface area contributed by atoms with Crippen molar-refractivity contribution in [2.24, 2.45) is 0 Å². The molecule has 51 heavy (non-hydrogen) atoms. The van der Waals surface area contributed by atoms with Crippen LogP contribution in [-0.2, 0) is 4.79 Å². The van der Waals surface area contributed by atoms with Gasteiger partial charge in [0.25, 0.3) is 11.8 Å². The van der Waals surface area contributed by atoms with Crippen LogP contribution in [0.15, 0.2) is 97.5 Å². The largest absolute Gasteiger partial charge is 0.355 e. The van der Waals surface area contributed by atoms with Crippen LogP contribution in [0.3, 0.4) is 0 Å². The summed E-state index contributed by atoms with van der Waals surface area (Å²) in [4.78, 5) is 54.0. The van der Waals surface area contributed by atoms with E-state index in [1.54, 1.807) is 24.4 Å². The summed E-state index contributed by atoms with van der Waals surface area (Å²) in [5.74, 6) is -0.126. The first kappa shape index (κ1) is 32.5. The van der Waals surface area contributed by atoms with Crippen LogP contribution in [0.5, 0.6) is 0 Å². The number of rotatable bonds is 7. The number of H-pyrrole nitrogens is 1. The molecule has 6 aromatic rings. The third-order valence-electron chi connectivity index (χ3n) is 9.80. The highest BCUT2D eigenvalue weighted by molar-refractivity contribution is 6.31. The predicted octanol–water partition coefficient (Wildman–Crippen LogP) is 7.44. The number of aromatic nitrogens is 4. The Labute approximate surface area is 303 Å². The zero-order chi connectivity index (χ0) is 35.3. The molecule has 0 bridgehead atoms. The van der Waals surface area contributed by atoms with Crippen molar-refractivity contribution in [1.82, 2.24) is 30.2 Å². The molecule has 0 saturated carbocycles. The number of nitrogens with zero attached hydrogens (tertiary/aromatic N) is 4. The van der Waals surface area contributed by atoms with Gasteiger partial charge in [-0.2, -0.15) is 0 Å². The number of hydrogen-bond donors (Lipinski definition) is 4. The summed E-state index contributed by atoms with van der Waals surface area (Å²) in [7, 11) is 0. The number of carbonyl (C=O) groups is 3. The van der Waals surface area contributed by atoms with E-state index in [-0.39, 0.29) is 17.9 Å². The van der Waals surface area contributed by atoms with Crippen LogP contribution in [0.1, 0.15) is 41.9 Å². The first-order chi connectivity index (χ1) is 24.7. The van der Waals surface area contributed by atoms with Gasteiger partial charge in [0, 0.05) is 51.4 Å². The lowest BCUT2D eigenvalue weighted by atomic mass is 9.87. The number of piperidine rings is 1. The molecule has 8 rings (SSSR count). The minimum atomic E-state index is -0.936. The molecule has 2 aliphatic heterocycles. The van der Waals surface area contributed by atoms with Crippen LogP contribution in [0.25, 0.3) is 33.4 Å². The Kier molecular flexibility index (Phi) is 8.24. The van der Waals surface area contributed by atoms with Crippen molar-refractivity contribution in [3.05, 3.63) is 119 Å². The molecule has 3 aromatic carbocycles. The van der Waals surface area contributed by atoms with E-state index >= 15 is 0 Å². The number of imidazole rings is 1. The minimum Gasteiger partial charge on any atom is -0.355 e. The molecule has 11 nitrogen and oxygen atoms in total. The third kappa shape index (κ3) is 5.88. The van der Waals surface area contributed by atoms with Gasteiger partial charge in [0.1, 0.15) is 11.2 Å². The molecule has 0 aliphatic carbocycles. The first-order valence-electron chi connectivity index (χ1n) is 16.5. The first-order valence-corrected chi connectivity index (χ1v) is 17.3. The van der Waals surface area contributed by atoms with Gasteiger partial charge >= 0.3 is 6.03 Å². The molecule has 3 aromatic heterocycles. The van der Waals surface area contributed by atoms with Crippen molar-refractivity contribution >= 4 is 63.5 Å². The summed E-state index contributed by atoms with van der Waals surface area (Å²) in [5, 5.41) is 10.2. The van der Waals surface area contributed by atoms with Gasteiger partial charge in [-0.3, -0.25) is 14.9 Å². The summed E-state index contributed by atoms with van der Waals surface area (Å²) < 4.78 is 2.08. The topological polar surface area (TPSA) is 137 Å². The number of aromatic amines is 1. The summed E-state index contributed by atoms with van der Waals surface area (Å²) in [6, 6.07) is 26.0. The fourth-order valence-corrected chi connectivity index (χ4v) is 7.41. The van der Waals surface area contributed by atoms with E-state index in [9.17, 15) is 14.4 Å². The number of anilines is 2. The van der Waals surface area contributed by atoms with Crippen molar-refractivity contribution in [3.8, 4) is 22.5 Å². The highest BCUT2D eigenvalue weighted by atomic mass is 35.5. The van der Waals surface area contributed by atoms with E-state index < -0.39 is 11.6 Å². The average molecular weight is 720 g/mol. The van der Waals surface area contributed by atoms with E-state index in [1.165, 1.54) is 0 Å². The van der Waals surface area contributed by atoms with Crippen LogP contribution in [0.4, 0.5) is 16.3 Å². The van der Waals surface area contributed by atoms with E-state index in [0.29, 0.717) is 69.9 Å². The van der Waals surface area contributed by atoms with Crippen molar-refractivity contribution in [3.63, 3.8) is 0 Å². The maximum atomic E-state index is 14.6. The highest BCUT2D eigenvalue weighted by Gasteiger charge is 2.48. The number of carbonyl (C=O) groups excluding carboxylic acids is 3. The Morgan fingerprint density at radius 1 is 0.922 bits per heavy atom. The number of benzene rings is 3. The number of nitrogens with one attached hydrogen (secondary N) is 4. The number of fused-ring (bicyclic) bond motifs is 1. The van der Waals surface area contributed by atoms with Crippen molar-refractivity contribution in [2.45, 2.75) is 31.3 Å². The monoisotopic (exact) mass is 718 g/mol. The summed E-state index contributed by atoms with van der Waals surface area (Å²) in [6.07, 6.45) is 4.28. The van der Waals surface area contributed by atoms with E-state index in [0.717, 1.165) is 22.2 Å². The van der Waals surface area contributed by atoms with Crippen molar-refractivity contribution in [1.29, 1.82) is 0 Å². The van der Waals surface area contributed by atoms with Crippen LogP contribution in [-0.4, -0.2) is 56.0 Å². The van der Waals surface area contributed by atoms with Crippen LogP contribution in [0, 0.1) is 0 Å². The second-order valence-electron chi connectivity index (χ2n) is 12.8. The Balaban J connectivity index is 1.21. The SMILES string of the molecule is CC(c1ccc(Cl)cc1)n1cnc(-c2ccccc2)c1-c1c(C(=O)Nc2cccnc2N2CCC3(CC2)NC(=O)NC3=O)[nH]c2cc(Cl)ccc12. The number of halogens is 2. The molecule has 2 fully saturated rings. The molecule has 1 spiro atoms. The molecule has 256 valence electrons. The van der Waals surface area contributed by atoms with Crippen LogP contribution in [0.2, 0.25) is 10.0 Å². The molecule has 1 unspecified atom stereocenters. The van der Waals surface area contributed by atoms with Gasteiger partial charge in [-0.1, -0.05) is 71.7 Å². The molecule has 4 N–H and O–H groups in total. The summed E-state index contributed by atoms with van der Waals surface area (Å²) >= 11 is 12.7. The third-order valence-corrected chi connectivity index (χ3v) is 10.3. The Morgan fingerprint density at radius 3 is 2.39 bits per heavy atom. The fourth-order valence-electron chi connectivity index (χ4n) is 7.11. The second-order valence-corrected chi connectivity index (χ2v) is 13.7. The van der Waals surface area contributed by atoms with E-state index in [4.69, 9.17) is 28.2 Å². The molecule has 5 heterocycles. The maximum absolute atomic E-state index is 14.6. The van der Waals surface area contributed by atoms with Gasteiger partial charge in [-0.05, 0) is 61.7 Å². The lowest BCUT2D eigenvalue weighted by Crippen LogP contribution is -2.55. The van der Waals surface area contributed by atoms with E-state index in [1.807, 2.05) is 78.0 Å². The molecule has 2 saturated heterocycles. The number of hydrogen-bond acceptors (Lipinski definition) is 6. The lowest BCUT2D eigenvalue weighted by Gasteiger charge is -2.38. The minimum absolute atomic E-state index is 0.172. The Hall–Kier alpha value is -5.65. The van der Waals surface area contributed by atoms with Gasteiger partial charge in [0.05, 0.1) is 29.4 Å². The van der Waals surface area contributed by atoms with Crippen LogP contribution < -0.4 is 20.9 Å². The predicted molar refractivity (Wildman–Crippen MR) is 198 cm³/mol. The molecule has 1 atom stereocenters. The van der Waals surface area contributed by atoms with Gasteiger partial charge < -0.3 is 25.1 Å². The zero-order valence-electron chi connectivity index (χ0n) is 27.4. The number of amides is 4. The fraction of sp³-hybridized carbons (Fsp3) is 0.184. The van der Waals surface area contributed by atoms with Crippen molar-refractivity contribution in [2.75, 3.05) is 23.3 Å². The molecule has 13 heteroatoms. The molecular formula is C38H32Cl2N8O3. The van der Waals surface area contributed by atoms with E-state index in [2.05, 4.69) is 37.4 Å². The Morgan fingerprint density at radius 2 is 1.67 bits per heavy atom. The standard InChI is InChI=1S/C38H32Cl2N8O3/c1-22(23-9-11-25(39)12-10-23)48-21-42-31(24-6-3-2-4-7-24)33(48)30-27-14-13-26(40)20-29(27)43-32(30)35(49)44-28-8-5-17-41-34(28)47-18-15-38(16-19-47)36(50)45-37(51)46-38/h2-14,17,20-22,43H,15-16,18-19H2,1H3,(H,44,49)(H2,45,46,50,51). The molecule has 2 aliphatic rings. The number of urea groups is 1. The lowest BCUT2D eigenvalue weighted by molar-refractivity contribution is -0.124. The quantitative estimate of drug-likeness (QED) is 0.127. The molecule has 0 radical (unpaired) electrons. The number of pyridine rings is 1. The summed E-state index contributed by atoms with van der Waals surface area (Å²) in [6.45, 7) is 2.98. The Bertz CT molecular complexity index is 2310. The van der Waals surface area contributed by atoms with Gasteiger partial charge in [0.15, 0.2) is 5.82 Å². The maximum Gasteiger partial charge on any atom is 0.322 e. The molecule has 4 amide bonds. The average Bonchev–Trinajstić information content (AvgIpc) is 3.81. The van der Waals surface area contributed by atoms with Gasteiger partial charge in [-0.25, -0.2) is 14.8 Å². The smallest absolute Gasteiger partial charge is 0.322 e. The number of imide groups is 1. The second kappa shape index (κ2) is 12.9. The van der Waals surface area contributed by atoms with Gasteiger partial charge in [-0.15, -0.1) is 0 Å². The molecular weight excluding hydrogens is 687 g/mol. The van der Waals surface area contributed by atoms with Gasteiger partial charge in [0.2, 0.25) is 0 Å². The normalized spacial score (nSPS) is 15.9. The highest BCUT2D eigenvalue weighted by Crippen LogP contribution is 2.42. The zero-order valence-corrected chi connectivity index (χ0v) is 28.9.